The third kappa shape index (κ3) is 5.76. The predicted octanol–water partition coefficient (Wildman–Crippen LogP) is 3.50. The maximum absolute atomic E-state index is 11.6. The molecule has 25 heavy (non-hydrogen) atoms. The SMILES string of the molecule is COc1ccc(CC(C(=O)O)c2cccs2)cc1OCCCN(C)C. The number of carbonyl (C=O) groups is 1. The normalized spacial score (nSPS) is 12.2. The molecular weight excluding hydrogens is 338 g/mol. The number of thiophene rings is 1. The number of carboxylic acid groups (broad SMARTS) is 1. The Labute approximate surface area is 152 Å². The second-order valence-electron chi connectivity index (χ2n) is 6.10. The van der Waals surface area contributed by atoms with Crippen LogP contribution in [0.1, 0.15) is 22.8 Å². The molecule has 0 saturated heterocycles. The number of benzene rings is 1. The first kappa shape index (κ1) is 19.3. The first-order chi connectivity index (χ1) is 12.0. The van der Waals surface area contributed by atoms with E-state index in [9.17, 15) is 9.90 Å². The average molecular weight is 363 g/mol. The van der Waals surface area contributed by atoms with Gasteiger partial charge in [-0.3, -0.25) is 4.79 Å². The third-order valence-corrected chi connectivity index (χ3v) is 4.85. The molecule has 1 aromatic heterocycles. The van der Waals surface area contributed by atoms with Gasteiger partial charge in [0.05, 0.1) is 19.6 Å². The van der Waals surface area contributed by atoms with E-state index in [0.29, 0.717) is 24.5 Å². The molecule has 6 heteroatoms. The molecule has 2 aromatic rings. The fourth-order valence-electron chi connectivity index (χ4n) is 2.56. The Morgan fingerprint density at radius 1 is 1.28 bits per heavy atom. The van der Waals surface area contributed by atoms with Crippen LogP contribution in [0.4, 0.5) is 0 Å². The van der Waals surface area contributed by atoms with E-state index < -0.39 is 11.9 Å². The summed E-state index contributed by atoms with van der Waals surface area (Å²) in [4.78, 5) is 14.6. The van der Waals surface area contributed by atoms with Crippen molar-refractivity contribution < 1.29 is 19.4 Å². The molecule has 0 aliphatic heterocycles. The first-order valence-electron chi connectivity index (χ1n) is 8.22. The number of hydrogen-bond acceptors (Lipinski definition) is 5. The fourth-order valence-corrected chi connectivity index (χ4v) is 3.38. The van der Waals surface area contributed by atoms with E-state index in [1.54, 1.807) is 7.11 Å². The number of ether oxygens (including phenoxy) is 2. The molecule has 0 radical (unpaired) electrons. The molecule has 0 bridgehead atoms. The average Bonchev–Trinajstić information content (AvgIpc) is 3.10. The number of rotatable bonds is 10. The first-order valence-corrected chi connectivity index (χ1v) is 9.10. The zero-order chi connectivity index (χ0) is 18.2. The van der Waals surface area contributed by atoms with Gasteiger partial charge >= 0.3 is 5.97 Å². The summed E-state index contributed by atoms with van der Waals surface area (Å²) in [7, 11) is 5.66. The fraction of sp³-hybridized carbons (Fsp3) is 0.421. The van der Waals surface area contributed by atoms with Crippen LogP contribution in [0.15, 0.2) is 35.7 Å². The molecule has 0 fully saturated rings. The largest absolute Gasteiger partial charge is 0.493 e. The van der Waals surface area contributed by atoms with Crippen LogP contribution in [-0.2, 0) is 11.2 Å². The number of aliphatic carboxylic acids is 1. The molecule has 0 aliphatic carbocycles. The van der Waals surface area contributed by atoms with Gasteiger partial charge in [0.2, 0.25) is 0 Å². The predicted molar refractivity (Wildman–Crippen MR) is 100 cm³/mol. The summed E-state index contributed by atoms with van der Waals surface area (Å²) in [6.45, 7) is 1.53. The van der Waals surface area contributed by atoms with Crippen molar-refractivity contribution in [3.63, 3.8) is 0 Å². The van der Waals surface area contributed by atoms with Crippen molar-refractivity contribution in [2.24, 2.45) is 0 Å². The van der Waals surface area contributed by atoms with Crippen molar-refractivity contribution in [3.05, 3.63) is 46.2 Å². The molecule has 0 saturated carbocycles. The highest BCUT2D eigenvalue weighted by Gasteiger charge is 2.22. The molecule has 1 unspecified atom stereocenters. The minimum atomic E-state index is -0.813. The number of methoxy groups -OCH3 is 1. The van der Waals surface area contributed by atoms with Gasteiger partial charge in [0.1, 0.15) is 0 Å². The van der Waals surface area contributed by atoms with E-state index >= 15 is 0 Å². The molecule has 5 nitrogen and oxygen atoms in total. The highest BCUT2D eigenvalue weighted by Crippen LogP contribution is 2.31. The van der Waals surface area contributed by atoms with E-state index in [1.165, 1.54) is 11.3 Å². The van der Waals surface area contributed by atoms with Crippen molar-refractivity contribution in [3.8, 4) is 11.5 Å². The van der Waals surface area contributed by atoms with Gasteiger partial charge in [0, 0.05) is 11.4 Å². The highest BCUT2D eigenvalue weighted by atomic mass is 32.1. The molecule has 1 heterocycles. The van der Waals surface area contributed by atoms with Crippen molar-refractivity contribution in [1.29, 1.82) is 0 Å². The molecule has 136 valence electrons. The smallest absolute Gasteiger partial charge is 0.312 e. The van der Waals surface area contributed by atoms with Crippen LogP contribution in [0.5, 0.6) is 11.5 Å². The van der Waals surface area contributed by atoms with Crippen molar-refractivity contribution in [2.45, 2.75) is 18.8 Å². The monoisotopic (exact) mass is 363 g/mol. The van der Waals surface area contributed by atoms with E-state index in [2.05, 4.69) is 4.90 Å². The molecule has 1 N–H and O–H groups in total. The number of carboxylic acids is 1. The zero-order valence-corrected chi connectivity index (χ0v) is 15.7. The van der Waals surface area contributed by atoms with Crippen LogP contribution >= 0.6 is 11.3 Å². The van der Waals surface area contributed by atoms with E-state index in [1.807, 2.05) is 49.8 Å². The van der Waals surface area contributed by atoms with Gasteiger partial charge in [-0.05, 0) is 56.1 Å². The number of hydrogen-bond donors (Lipinski definition) is 1. The van der Waals surface area contributed by atoms with Gasteiger partial charge in [0.25, 0.3) is 0 Å². The minimum absolute atomic E-state index is 0.425. The van der Waals surface area contributed by atoms with E-state index in [-0.39, 0.29) is 0 Å². The van der Waals surface area contributed by atoms with Gasteiger partial charge in [-0.2, -0.15) is 0 Å². The van der Waals surface area contributed by atoms with Crippen molar-refractivity contribution in [2.75, 3.05) is 34.4 Å². The van der Waals surface area contributed by atoms with Gasteiger partial charge in [-0.25, -0.2) is 0 Å². The summed E-state index contributed by atoms with van der Waals surface area (Å²) < 4.78 is 11.2. The molecular formula is C19H25NO4S. The highest BCUT2D eigenvalue weighted by molar-refractivity contribution is 7.10. The maximum atomic E-state index is 11.6. The molecule has 0 spiro atoms. The Morgan fingerprint density at radius 3 is 2.68 bits per heavy atom. The lowest BCUT2D eigenvalue weighted by Gasteiger charge is -2.15. The Balaban J connectivity index is 2.10. The lowest BCUT2D eigenvalue weighted by atomic mass is 9.97. The summed E-state index contributed by atoms with van der Waals surface area (Å²) >= 11 is 1.47. The molecule has 1 atom stereocenters. The zero-order valence-electron chi connectivity index (χ0n) is 14.9. The quantitative estimate of drug-likeness (QED) is 0.655. The molecule has 1 aromatic carbocycles. The standard InChI is InChI=1S/C19H25NO4S/c1-20(2)9-5-10-24-17-13-14(7-8-16(17)23-3)12-15(19(21)22)18-6-4-11-25-18/h4,6-8,11,13,15H,5,9-10,12H2,1-3H3,(H,21,22). The summed E-state index contributed by atoms with van der Waals surface area (Å²) in [5.74, 6) is -0.0348. The third-order valence-electron chi connectivity index (χ3n) is 3.86. The van der Waals surface area contributed by atoms with E-state index in [0.717, 1.165) is 23.4 Å². The van der Waals surface area contributed by atoms with Crippen molar-refractivity contribution >= 4 is 17.3 Å². The molecule has 2 rings (SSSR count). The summed E-state index contributed by atoms with van der Waals surface area (Å²) in [6, 6.07) is 9.37. The second-order valence-corrected chi connectivity index (χ2v) is 7.08. The maximum Gasteiger partial charge on any atom is 0.312 e. The molecule has 0 aliphatic rings. The van der Waals surface area contributed by atoms with Crippen LogP contribution in [-0.4, -0.2) is 50.3 Å². The Hall–Kier alpha value is -2.05. The number of nitrogens with zero attached hydrogens (tertiary/aromatic N) is 1. The Bertz CT molecular complexity index is 670. The summed E-state index contributed by atoms with van der Waals surface area (Å²) in [6.07, 6.45) is 1.33. The van der Waals surface area contributed by atoms with Gasteiger partial charge in [-0.1, -0.05) is 12.1 Å². The lowest BCUT2D eigenvalue weighted by molar-refractivity contribution is -0.138. The Kier molecular flexibility index (Phi) is 7.28. The van der Waals surface area contributed by atoms with Gasteiger partial charge in [0.15, 0.2) is 11.5 Å². The van der Waals surface area contributed by atoms with Crippen molar-refractivity contribution in [1.82, 2.24) is 4.90 Å². The second kappa shape index (κ2) is 9.44. The van der Waals surface area contributed by atoms with Gasteiger partial charge < -0.3 is 19.5 Å². The lowest BCUT2D eigenvalue weighted by Crippen LogP contribution is -2.16. The van der Waals surface area contributed by atoms with Crippen LogP contribution in [0, 0.1) is 0 Å². The summed E-state index contributed by atoms with van der Waals surface area (Å²) in [5.41, 5.74) is 0.921. The topological polar surface area (TPSA) is 59.0 Å². The summed E-state index contributed by atoms with van der Waals surface area (Å²) in [5, 5.41) is 11.4. The minimum Gasteiger partial charge on any atom is -0.493 e. The molecule has 0 amide bonds. The van der Waals surface area contributed by atoms with E-state index in [4.69, 9.17) is 9.47 Å². The van der Waals surface area contributed by atoms with Crippen LogP contribution in [0.3, 0.4) is 0 Å². The van der Waals surface area contributed by atoms with Crippen LogP contribution < -0.4 is 9.47 Å². The van der Waals surface area contributed by atoms with Crippen LogP contribution in [0.25, 0.3) is 0 Å². The van der Waals surface area contributed by atoms with Gasteiger partial charge in [-0.15, -0.1) is 11.3 Å². The Morgan fingerprint density at radius 2 is 2.08 bits per heavy atom. The van der Waals surface area contributed by atoms with Crippen LogP contribution in [0.2, 0.25) is 0 Å².